The number of carbonyl (C=O) groups is 1. The summed E-state index contributed by atoms with van der Waals surface area (Å²) in [6.07, 6.45) is 1.91. The number of carbonyl (C=O) groups excluding carboxylic acids is 1. The molecule has 0 bridgehead atoms. The molecule has 3 aromatic rings. The predicted octanol–water partition coefficient (Wildman–Crippen LogP) is 3.21. The fraction of sp³-hybridized carbons (Fsp3) is 0.238. The van der Waals surface area contributed by atoms with Gasteiger partial charge in [-0.05, 0) is 38.1 Å². The Hall–Kier alpha value is -2.99. The smallest absolute Gasteiger partial charge is 0.233 e. The summed E-state index contributed by atoms with van der Waals surface area (Å²) in [5.74, 6) is -0.325. The molecule has 0 saturated heterocycles. The molecule has 0 aliphatic heterocycles. The van der Waals surface area contributed by atoms with Crippen LogP contribution in [0, 0.1) is 12.7 Å². The van der Waals surface area contributed by atoms with Crippen LogP contribution in [0.25, 0.3) is 16.9 Å². The van der Waals surface area contributed by atoms with E-state index >= 15 is 0 Å². The SMILES string of the molecule is CCNC(=O)CNCc1cn(-c2ccc(F)cc2)nc1-c1ccc(C)cc1. The molecule has 3 rings (SSSR count). The predicted molar refractivity (Wildman–Crippen MR) is 104 cm³/mol. The van der Waals surface area contributed by atoms with Gasteiger partial charge in [0.15, 0.2) is 0 Å². The van der Waals surface area contributed by atoms with Crippen LogP contribution in [-0.4, -0.2) is 28.8 Å². The van der Waals surface area contributed by atoms with Gasteiger partial charge in [0.2, 0.25) is 5.91 Å². The van der Waals surface area contributed by atoms with Gasteiger partial charge in [-0.25, -0.2) is 9.07 Å². The van der Waals surface area contributed by atoms with Crippen molar-refractivity contribution in [3.05, 3.63) is 71.7 Å². The molecule has 0 spiro atoms. The molecule has 5 nitrogen and oxygen atoms in total. The number of nitrogens with one attached hydrogen (secondary N) is 2. The van der Waals surface area contributed by atoms with Gasteiger partial charge >= 0.3 is 0 Å². The van der Waals surface area contributed by atoms with Crippen LogP contribution in [0.5, 0.6) is 0 Å². The summed E-state index contributed by atoms with van der Waals surface area (Å²) in [6, 6.07) is 14.3. The number of benzene rings is 2. The average molecular weight is 366 g/mol. The lowest BCUT2D eigenvalue weighted by atomic mass is 10.1. The number of rotatable bonds is 7. The first-order valence-electron chi connectivity index (χ1n) is 8.95. The lowest BCUT2D eigenvalue weighted by Gasteiger charge is -2.06. The van der Waals surface area contributed by atoms with Crippen molar-refractivity contribution >= 4 is 5.91 Å². The molecular formula is C21H23FN4O. The quantitative estimate of drug-likeness (QED) is 0.675. The second kappa shape index (κ2) is 8.60. The van der Waals surface area contributed by atoms with Gasteiger partial charge in [0.1, 0.15) is 5.82 Å². The minimum atomic E-state index is -0.284. The molecule has 1 aromatic heterocycles. The van der Waals surface area contributed by atoms with Crippen molar-refractivity contribution in [1.29, 1.82) is 0 Å². The van der Waals surface area contributed by atoms with E-state index in [2.05, 4.69) is 10.6 Å². The van der Waals surface area contributed by atoms with Gasteiger partial charge in [0.25, 0.3) is 0 Å². The van der Waals surface area contributed by atoms with E-state index in [1.165, 1.54) is 17.7 Å². The van der Waals surface area contributed by atoms with Crippen molar-refractivity contribution in [2.75, 3.05) is 13.1 Å². The van der Waals surface area contributed by atoms with Crippen LogP contribution in [0.1, 0.15) is 18.1 Å². The Morgan fingerprint density at radius 3 is 2.48 bits per heavy atom. The summed E-state index contributed by atoms with van der Waals surface area (Å²) in [4.78, 5) is 11.7. The van der Waals surface area contributed by atoms with Crippen molar-refractivity contribution in [3.8, 4) is 16.9 Å². The van der Waals surface area contributed by atoms with Crippen LogP contribution in [0.15, 0.2) is 54.7 Å². The number of likely N-dealkylation sites (N-methyl/N-ethyl adjacent to an activating group) is 1. The van der Waals surface area contributed by atoms with Gasteiger partial charge in [-0.15, -0.1) is 0 Å². The highest BCUT2D eigenvalue weighted by Gasteiger charge is 2.13. The summed E-state index contributed by atoms with van der Waals surface area (Å²) >= 11 is 0. The molecule has 0 atom stereocenters. The van der Waals surface area contributed by atoms with E-state index in [1.54, 1.807) is 16.8 Å². The minimum Gasteiger partial charge on any atom is -0.355 e. The highest BCUT2D eigenvalue weighted by atomic mass is 19.1. The van der Waals surface area contributed by atoms with Crippen LogP contribution in [0.4, 0.5) is 4.39 Å². The van der Waals surface area contributed by atoms with Gasteiger partial charge in [-0.3, -0.25) is 4.79 Å². The Bertz CT molecular complexity index is 901. The standard InChI is InChI=1S/C21H23FN4O/c1-3-24-20(27)13-23-12-17-14-26(19-10-8-18(22)9-11-19)25-21(17)16-6-4-15(2)5-7-16/h4-11,14,23H,3,12-13H2,1-2H3,(H,24,27). The van der Waals surface area contributed by atoms with Crippen molar-refractivity contribution in [1.82, 2.24) is 20.4 Å². The highest BCUT2D eigenvalue weighted by molar-refractivity contribution is 5.77. The molecule has 0 fully saturated rings. The molecule has 6 heteroatoms. The van der Waals surface area contributed by atoms with E-state index in [0.717, 1.165) is 22.5 Å². The fourth-order valence-electron chi connectivity index (χ4n) is 2.79. The number of amides is 1. The second-order valence-electron chi connectivity index (χ2n) is 6.35. The van der Waals surface area contributed by atoms with E-state index in [1.807, 2.05) is 44.3 Å². The zero-order chi connectivity index (χ0) is 19.2. The van der Waals surface area contributed by atoms with E-state index in [-0.39, 0.29) is 18.3 Å². The number of hydrogen-bond donors (Lipinski definition) is 2. The molecular weight excluding hydrogens is 343 g/mol. The maximum absolute atomic E-state index is 13.2. The number of aromatic nitrogens is 2. The van der Waals surface area contributed by atoms with Crippen LogP contribution < -0.4 is 10.6 Å². The first kappa shape index (κ1) is 18.8. The van der Waals surface area contributed by atoms with Crippen molar-refractivity contribution < 1.29 is 9.18 Å². The first-order valence-corrected chi connectivity index (χ1v) is 8.95. The molecule has 0 aliphatic rings. The van der Waals surface area contributed by atoms with E-state index in [9.17, 15) is 9.18 Å². The van der Waals surface area contributed by atoms with Gasteiger partial charge in [0.05, 0.1) is 17.9 Å². The zero-order valence-corrected chi connectivity index (χ0v) is 15.5. The maximum atomic E-state index is 13.2. The monoisotopic (exact) mass is 366 g/mol. The molecule has 1 heterocycles. The largest absolute Gasteiger partial charge is 0.355 e. The molecule has 2 N–H and O–H groups in total. The highest BCUT2D eigenvalue weighted by Crippen LogP contribution is 2.24. The second-order valence-corrected chi connectivity index (χ2v) is 6.35. The fourth-order valence-corrected chi connectivity index (χ4v) is 2.79. The molecule has 1 amide bonds. The van der Waals surface area contributed by atoms with Gasteiger partial charge in [0, 0.05) is 30.4 Å². The van der Waals surface area contributed by atoms with Gasteiger partial charge < -0.3 is 10.6 Å². The number of aryl methyl sites for hydroxylation is 1. The normalized spacial score (nSPS) is 10.8. The molecule has 0 radical (unpaired) electrons. The van der Waals surface area contributed by atoms with Crippen LogP contribution >= 0.6 is 0 Å². The lowest BCUT2D eigenvalue weighted by Crippen LogP contribution is -2.33. The number of hydrogen-bond acceptors (Lipinski definition) is 3. The van der Waals surface area contributed by atoms with Crippen molar-refractivity contribution in [2.24, 2.45) is 0 Å². The molecule has 0 unspecified atom stereocenters. The van der Waals surface area contributed by atoms with E-state index in [0.29, 0.717) is 13.1 Å². The van der Waals surface area contributed by atoms with E-state index < -0.39 is 0 Å². The molecule has 2 aromatic carbocycles. The zero-order valence-electron chi connectivity index (χ0n) is 15.5. The summed E-state index contributed by atoms with van der Waals surface area (Å²) in [7, 11) is 0. The summed E-state index contributed by atoms with van der Waals surface area (Å²) in [5, 5.41) is 10.6. The number of halogens is 1. The van der Waals surface area contributed by atoms with Gasteiger partial charge in [-0.2, -0.15) is 5.10 Å². The summed E-state index contributed by atoms with van der Waals surface area (Å²) in [6.45, 7) is 5.28. The number of nitrogens with zero attached hydrogens (tertiary/aromatic N) is 2. The van der Waals surface area contributed by atoms with Crippen LogP contribution in [-0.2, 0) is 11.3 Å². The van der Waals surface area contributed by atoms with Gasteiger partial charge in [-0.1, -0.05) is 29.8 Å². The molecule has 0 saturated carbocycles. The topological polar surface area (TPSA) is 59.0 Å². The minimum absolute atomic E-state index is 0.0414. The van der Waals surface area contributed by atoms with E-state index in [4.69, 9.17) is 5.10 Å². The molecule has 0 aliphatic carbocycles. The molecule has 140 valence electrons. The Balaban J connectivity index is 1.88. The van der Waals surface area contributed by atoms with Crippen molar-refractivity contribution in [3.63, 3.8) is 0 Å². The van der Waals surface area contributed by atoms with Crippen molar-refractivity contribution in [2.45, 2.75) is 20.4 Å². The molecule has 27 heavy (non-hydrogen) atoms. The Morgan fingerprint density at radius 1 is 1.11 bits per heavy atom. The third kappa shape index (κ3) is 4.80. The maximum Gasteiger partial charge on any atom is 0.233 e. The lowest BCUT2D eigenvalue weighted by molar-refractivity contribution is -0.120. The average Bonchev–Trinajstić information content (AvgIpc) is 3.07. The Labute approximate surface area is 158 Å². The summed E-state index contributed by atoms with van der Waals surface area (Å²) in [5.41, 5.74) is 4.75. The third-order valence-corrected chi connectivity index (χ3v) is 4.18. The Morgan fingerprint density at radius 2 is 1.81 bits per heavy atom. The first-order chi connectivity index (χ1) is 13.1. The van der Waals surface area contributed by atoms with Crippen LogP contribution in [0.2, 0.25) is 0 Å². The third-order valence-electron chi connectivity index (χ3n) is 4.18. The van der Waals surface area contributed by atoms with Crippen LogP contribution in [0.3, 0.4) is 0 Å². The Kier molecular flexibility index (Phi) is 5.98. The summed E-state index contributed by atoms with van der Waals surface area (Å²) < 4.78 is 15.0.